The van der Waals surface area contributed by atoms with Gasteiger partial charge in [-0.2, -0.15) is 0 Å². The first-order chi connectivity index (χ1) is 15.7. The van der Waals surface area contributed by atoms with Crippen LogP contribution in [0.15, 0.2) is 60.7 Å². The highest BCUT2D eigenvalue weighted by molar-refractivity contribution is 5.99. The maximum absolute atomic E-state index is 12.8. The van der Waals surface area contributed by atoms with Crippen LogP contribution in [-0.4, -0.2) is 53.5 Å². The lowest BCUT2D eigenvalue weighted by atomic mass is 10.0. The largest absolute Gasteiger partial charge is 0.480 e. The molecule has 0 aromatic heterocycles. The van der Waals surface area contributed by atoms with Gasteiger partial charge in [-0.25, -0.2) is 0 Å². The molecule has 0 bridgehead atoms. The molecule has 2 aromatic carbocycles. The van der Waals surface area contributed by atoms with E-state index in [1.54, 1.807) is 0 Å². The van der Waals surface area contributed by atoms with E-state index in [0.717, 1.165) is 11.1 Å². The van der Waals surface area contributed by atoms with E-state index >= 15 is 0 Å². The third kappa shape index (κ3) is 9.53. The molecule has 0 fully saturated rings. The van der Waals surface area contributed by atoms with Crippen molar-refractivity contribution in [1.29, 1.82) is 0 Å². The number of hydrogen-bond acceptors (Lipinski definition) is 5. The van der Waals surface area contributed by atoms with Gasteiger partial charge in [-0.15, -0.1) is 0 Å². The molecule has 1 unspecified atom stereocenters. The maximum atomic E-state index is 12.8. The van der Waals surface area contributed by atoms with Gasteiger partial charge in [0, 0.05) is 19.0 Å². The van der Waals surface area contributed by atoms with Gasteiger partial charge in [-0.05, 0) is 24.5 Å². The lowest BCUT2D eigenvalue weighted by Crippen LogP contribution is -2.51. The average Bonchev–Trinajstić information content (AvgIpc) is 2.78. The Morgan fingerprint density at radius 2 is 1.36 bits per heavy atom. The summed E-state index contributed by atoms with van der Waals surface area (Å²) in [6.45, 7) is 1.51. The quantitative estimate of drug-likeness (QED) is 0.293. The molecule has 2 aromatic rings. The lowest BCUT2D eigenvalue weighted by molar-refractivity contribution is -0.142. The van der Waals surface area contributed by atoms with Gasteiger partial charge in [0.25, 0.3) is 0 Å². The zero-order valence-electron chi connectivity index (χ0n) is 18.5. The predicted molar refractivity (Wildman–Crippen MR) is 123 cm³/mol. The monoisotopic (exact) mass is 454 g/mol. The predicted octanol–water partition coefficient (Wildman–Crippen LogP) is 0.380. The Bertz CT molecular complexity index is 936. The van der Waals surface area contributed by atoms with Crippen LogP contribution in [0.5, 0.6) is 0 Å². The van der Waals surface area contributed by atoms with E-state index < -0.39 is 42.2 Å². The molecule has 0 aliphatic heterocycles. The Morgan fingerprint density at radius 3 is 1.91 bits per heavy atom. The summed E-state index contributed by atoms with van der Waals surface area (Å²) in [6, 6.07) is 16.4. The molecule has 3 amide bonds. The first-order valence-electron chi connectivity index (χ1n) is 10.7. The molecular formula is C24H30N4O5. The number of amides is 3. The van der Waals surface area contributed by atoms with Crippen molar-refractivity contribution in [1.82, 2.24) is 16.0 Å². The maximum Gasteiger partial charge on any atom is 0.325 e. The van der Waals surface area contributed by atoms with Crippen molar-refractivity contribution in [3.8, 4) is 0 Å². The van der Waals surface area contributed by atoms with E-state index in [4.69, 9.17) is 10.8 Å². The Labute approximate surface area is 192 Å². The van der Waals surface area contributed by atoms with E-state index in [-0.39, 0.29) is 19.0 Å². The van der Waals surface area contributed by atoms with Crippen molar-refractivity contribution in [2.45, 2.75) is 44.3 Å². The van der Waals surface area contributed by atoms with Crippen LogP contribution < -0.4 is 21.7 Å². The molecule has 0 spiro atoms. The first-order valence-corrected chi connectivity index (χ1v) is 10.7. The third-order valence-electron chi connectivity index (χ3n) is 4.88. The zero-order valence-corrected chi connectivity index (χ0v) is 18.5. The van der Waals surface area contributed by atoms with E-state index in [1.807, 2.05) is 60.7 Å². The average molecular weight is 455 g/mol. The number of carbonyl (C=O) groups is 4. The minimum atomic E-state index is -1.21. The van der Waals surface area contributed by atoms with Crippen LogP contribution in [0.1, 0.15) is 24.5 Å². The number of nitrogens with two attached hydrogens (primary N) is 1. The van der Waals surface area contributed by atoms with Crippen LogP contribution in [0.4, 0.5) is 0 Å². The van der Waals surface area contributed by atoms with Crippen LogP contribution >= 0.6 is 0 Å². The van der Waals surface area contributed by atoms with Gasteiger partial charge in [0.05, 0.1) is 0 Å². The van der Waals surface area contributed by atoms with Crippen LogP contribution in [0.25, 0.3) is 0 Å². The summed E-state index contributed by atoms with van der Waals surface area (Å²) in [7, 11) is 0. The van der Waals surface area contributed by atoms with Gasteiger partial charge in [-0.1, -0.05) is 60.7 Å². The fourth-order valence-electron chi connectivity index (χ4n) is 3.15. The van der Waals surface area contributed by atoms with Crippen LogP contribution in [0.2, 0.25) is 0 Å². The number of rotatable bonds is 12. The molecular weight excluding hydrogens is 424 g/mol. The standard InChI is InChI=1S/C24H30N4O5/c1-16(24(32)33)27-21(29)14-22(30)28-20(13-18-10-6-3-7-11-18)23(31)26-15-19(25)12-17-8-4-2-5-9-17/h2-11,16,19-20H,12-15,25H2,1H3,(H,26,31)(H,27,29)(H,28,30)(H,32,33)/t16-,19-,20?/m0/s1. The summed E-state index contributed by atoms with van der Waals surface area (Å²) in [5.41, 5.74) is 8.02. The van der Waals surface area contributed by atoms with E-state index in [1.165, 1.54) is 6.92 Å². The van der Waals surface area contributed by atoms with Crippen LogP contribution in [0.3, 0.4) is 0 Å². The van der Waals surface area contributed by atoms with Gasteiger partial charge in [0.2, 0.25) is 17.7 Å². The summed E-state index contributed by atoms with van der Waals surface area (Å²) >= 11 is 0. The van der Waals surface area contributed by atoms with Crippen molar-refractivity contribution in [3.63, 3.8) is 0 Å². The summed E-state index contributed by atoms with van der Waals surface area (Å²) < 4.78 is 0. The van der Waals surface area contributed by atoms with Crippen molar-refractivity contribution in [3.05, 3.63) is 71.8 Å². The van der Waals surface area contributed by atoms with Crippen molar-refractivity contribution >= 4 is 23.7 Å². The number of aliphatic carboxylic acids is 1. The number of benzene rings is 2. The zero-order chi connectivity index (χ0) is 24.2. The fraction of sp³-hybridized carbons (Fsp3) is 0.333. The normalized spacial score (nSPS) is 13.3. The Hall–Kier alpha value is -3.72. The second kappa shape index (κ2) is 13.0. The molecule has 176 valence electrons. The van der Waals surface area contributed by atoms with E-state index in [0.29, 0.717) is 6.42 Å². The Kier molecular flexibility index (Phi) is 10.0. The molecule has 0 heterocycles. The van der Waals surface area contributed by atoms with E-state index in [2.05, 4.69) is 16.0 Å². The van der Waals surface area contributed by atoms with Gasteiger partial charge < -0.3 is 26.8 Å². The SMILES string of the molecule is C[C@H](NC(=O)CC(=O)NC(Cc1ccccc1)C(=O)NC[C@@H](N)Cc1ccccc1)C(=O)O. The van der Waals surface area contributed by atoms with Crippen molar-refractivity contribution in [2.24, 2.45) is 5.73 Å². The van der Waals surface area contributed by atoms with Gasteiger partial charge in [0.15, 0.2) is 0 Å². The molecule has 0 radical (unpaired) electrons. The molecule has 2 rings (SSSR count). The molecule has 33 heavy (non-hydrogen) atoms. The van der Waals surface area contributed by atoms with Gasteiger partial charge in [-0.3, -0.25) is 19.2 Å². The Balaban J connectivity index is 1.96. The van der Waals surface area contributed by atoms with Crippen molar-refractivity contribution < 1.29 is 24.3 Å². The number of hydrogen-bond donors (Lipinski definition) is 5. The fourth-order valence-corrected chi connectivity index (χ4v) is 3.15. The second-order valence-corrected chi connectivity index (χ2v) is 7.81. The summed E-state index contributed by atoms with van der Waals surface area (Å²) in [6.07, 6.45) is 0.210. The molecule has 0 aliphatic carbocycles. The summed E-state index contributed by atoms with van der Waals surface area (Å²) in [4.78, 5) is 48.0. The third-order valence-corrected chi connectivity index (χ3v) is 4.88. The molecule has 0 aliphatic rings. The van der Waals surface area contributed by atoms with Crippen molar-refractivity contribution in [2.75, 3.05) is 6.54 Å². The minimum Gasteiger partial charge on any atom is -0.480 e. The van der Waals surface area contributed by atoms with Gasteiger partial charge in [0.1, 0.15) is 18.5 Å². The summed E-state index contributed by atoms with van der Waals surface area (Å²) in [5.74, 6) is -3.06. The van der Waals surface area contributed by atoms with E-state index in [9.17, 15) is 19.2 Å². The summed E-state index contributed by atoms with van der Waals surface area (Å²) in [5, 5.41) is 16.4. The molecule has 9 heteroatoms. The number of nitrogens with one attached hydrogen (secondary N) is 3. The molecule has 0 saturated heterocycles. The second-order valence-electron chi connectivity index (χ2n) is 7.81. The topological polar surface area (TPSA) is 151 Å². The Morgan fingerprint density at radius 1 is 0.848 bits per heavy atom. The minimum absolute atomic E-state index is 0.214. The highest BCUT2D eigenvalue weighted by Gasteiger charge is 2.24. The number of carbonyl (C=O) groups excluding carboxylic acids is 3. The highest BCUT2D eigenvalue weighted by atomic mass is 16.4. The number of carboxylic acid groups (broad SMARTS) is 1. The number of carboxylic acids is 1. The molecule has 9 nitrogen and oxygen atoms in total. The smallest absolute Gasteiger partial charge is 0.325 e. The molecule has 6 N–H and O–H groups in total. The highest BCUT2D eigenvalue weighted by Crippen LogP contribution is 2.05. The van der Waals surface area contributed by atoms with Crippen LogP contribution in [0, 0.1) is 0 Å². The molecule has 3 atom stereocenters. The lowest BCUT2D eigenvalue weighted by Gasteiger charge is -2.20. The molecule has 0 saturated carbocycles. The van der Waals surface area contributed by atoms with Gasteiger partial charge >= 0.3 is 5.97 Å². The first kappa shape index (κ1) is 25.5. The van der Waals surface area contributed by atoms with Crippen LogP contribution in [-0.2, 0) is 32.0 Å².